The van der Waals surface area contributed by atoms with Crippen LogP contribution in [0, 0.1) is 46.3 Å². The van der Waals surface area contributed by atoms with E-state index in [0.29, 0.717) is 25.7 Å². The summed E-state index contributed by atoms with van der Waals surface area (Å²) in [5.41, 5.74) is -3.22. The molecule has 4 fully saturated rings. The summed E-state index contributed by atoms with van der Waals surface area (Å²) in [7, 11) is 0. The largest absolute Gasteiger partial charge is 0.396 e. The third-order valence-electron chi connectivity index (χ3n) is 11.3. The van der Waals surface area contributed by atoms with E-state index in [2.05, 4.69) is 6.92 Å². The molecule has 0 radical (unpaired) electrons. The molecule has 0 saturated heterocycles. The highest BCUT2D eigenvalue weighted by atomic mass is 16.4. The molecule has 8 nitrogen and oxygen atoms in total. The van der Waals surface area contributed by atoms with Crippen LogP contribution < -0.4 is 0 Å². The van der Waals surface area contributed by atoms with Gasteiger partial charge in [-0.15, -0.1) is 0 Å². The predicted octanol–water partition coefficient (Wildman–Crippen LogP) is 0.410. The topological polar surface area (TPSA) is 162 Å². The zero-order valence-corrected chi connectivity index (χ0v) is 21.7. The Morgan fingerprint density at radius 1 is 0.800 bits per heavy atom. The van der Waals surface area contributed by atoms with Crippen LogP contribution >= 0.6 is 0 Å². The van der Waals surface area contributed by atoms with Crippen molar-refractivity contribution in [3.63, 3.8) is 0 Å². The Bertz CT molecular complexity index is 765. The molecule has 15 unspecified atom stereocenters. The molecule has 0 aromatic heterocycles. The molecule has 15 atom stereocenters. The fourth-order valence-corrected chi connectivity index (χ4v) is 9.61. The Balaban J connectivity index is 1.67. The summed E-state index contributed by atoms with van der Waals surface area (Å²) in [5.74, 6) is -2.15. The van der Waals surface area contributed by atoms with Crippen LogP contribution in [0.25, 0.3) is 0 Å². The zero-order valence-electron chi connectivity index (χ0n) is 21.7. The molecule has 35 heavy (non-hydrogen) atoms. The van der Waals surface area contributed by atoms with Crippen LogP contribution in [-0.4, -0.2) is 89.7 Å². The Hall–Kier alpha value is -0.320. The van der Waals surface area contributed by atoms with Gasteiger partial charge >= 0.3 is 0 Å². The Kier molecular flexibility index (Phi) is 7.48. The third-order valence-corrected chi connectivity index (χ3v) is 11.3. The fourth-order valence-electron chi connectivity index (χ4n) is 9.61. The average Bonchev–Trinajstić information content (AvgIpc) is 3.00. The van der Waals surface area contributed by atoms with Gasteiger partial charge < -0.3 is 40.9 Å². The van der Waals surface area contributed by atoms with Crippen LogP contribution in [0.4, 0.5) is 0 Å². The van der Waals surface area contributed by atoms with Gasteiger partial charge in [0, 0.05) is 18.4 Å². The van der Waals surface area contributed by atoms with E-state index in [1.807, 2.05) is 20.8 Å². The molecular formula is C27H48O8. The molecule has 4 rings (SSSR count). The zero-order chi connectivity index (χ0) is 26.1. The Morgan fingerprint density at radius 3 is 2.06 bits per heavy atom. The summed E-state index contributed by atoms with van der Waals surface area (Å²) < 4.78 is 0. The van der Waals surface area contributed by atoms with Gasteiger partial charge in [-0.3, -0.25) is 0 Å². The molecule has 0 amide bonds. The molecule has 4 aliphatic rings. The van der Waals surface area contributed by atoms with Crippen molar-refractivity contribution >= 4 is 0 Å². The van der Waals surface area contributed by atoms with Gasteiger partial charge in [-0.25, -0.2) is 0 Å². The highest BCUT2D eigenvalue weighted by molar-refractivity contribution is 5.25. The normalized spacial score (nSPS) is 55.5. The SMILES string of the molecule is CC(CO)CCCC(C)C1C(O)C(O)C2C1(C)CCC1C3(C)CCC(O)C(O)C3C(O)C(O)C12O. The van der Waals surface area contributed by atoms with Crippen LogP contribution in [-0.2, 0) is 0 Å². The summed E-state index contributed by atoms with van der Waals surface area (Å²) >= 11 is 0. The van der Waals surface area contributed by atoms with E-state index >= 15 is 0 Å². The maximum Gasteiger partial charge on any atom is 0.110 e. The second-order valence-corrected chi connectivity index (χ2v) is 13.2. The lowest BCUT2D eigenvalue weighted by Crippen LogP contribution is -2.76. The summed E-state index contributed by atoms with van der Waals surface area (Å²) in [4.78, 5) is 0. The Morgan fingerprint density at radius 2 is 1.43 bits per heavy atom. The lowest BCUT2D eigenvalue weighted by molar-refractivity contribution is -0.322. The molecule has 8 heteroatoms. The van der Waals surface area contributed by atoms with E-state index in [0.717, 1.165) is 19.3 Å². The van der Waals surface area contributed by atoms with Crippen molar-refractivity contribution in [3.05, 3.63) is 0 Å². The second kappa shape index (κ2) is 9.45. The Labute approximate surface area is 209 Å². The first kappa shape index (κ1) is 27.7. The molecule has 4 aliphatic carbocycles. The number of hydrogen-bond donors (Lipinski definition) is 8. The molecule has 0 heterocycles. The third kappa shape index (κ3) is 3.85. The fraction of sp³-hybridized carbons (Fsp3) is 1.00. The van der Waals surface area contributed by atoms with Crippen molar-refractivity contribution < 1.29 is 40.9 Å². The van der Waals surface area contributed by atoms with Crippen LogP contribution in [0.1, 0.15) is 72.6 Å². The molecular weight excluding hydrogens is 452 g/mol. The lowest BCUT2D eigenvalue weighted by atomic mass is 9.40. The average molecular weight is 501 g/mol. The van der Waals surface area contributed by atoms with Gasteiger partial charge in [0.25, 0.3) is 0 Å². The maximum absolute atomic E-state index is 12.3. The van der Waals surface area contributed by atoms with Gasteiger partial charge in [0.15, 0.2) is 0 Å². The van der Waals surface area contributed by atoms with Crippen molar-refractivity contribution in [1.82, 2.24) is 0 Å². The number of aliphatic hydroxyl groups excluding tert-OH is 7. The van der Waals surface area contributed by atoms with Gasteiger partial charge in [0.05, 0.1) is 30.5 Å². The summed E-state index contributed by atoms with van der Waals surface area (Å²) in [5, 5.41) is 88.0. The van der Waals surface area contributed by atoms with Gasteiger partial charge in [-0.05, 0) is 66.6 Å². The molecule has 0 aliphatic heterocycles. The van der Waals surface area contributed by atoms with E-state index in [9.17, 15) is 40.9 Å². The van der Waals surface area contributed by atoms with E-state index in [4.69, 9.17) is 0 Å². The van der Waals surface area contributed by atoms with E-state index in [-0.39, 0.29) is 24.4 Å². The molecule has 0 aromatic rings. The van der Waals surface area contributed by atoms with Gasteiger partial charge in [-0.1, -0.05) is 40.5 Å². The van der Waals surface area contributed by atoms with E-state index in [1.165, 1.54) is 0 Å². The number of hydrogen-bond acceptors (Lipinski definition) is 8. The van der Waals surface area contributed by atoms with Crippen molar-refractivity contribution in [2.75, 3.05) is 6.61 Å². The summed E-state index contributed by atoms with van der Waals surface area (Å²) in [6, 6.07) is 0. The number of rotatable bonds is 6. The van der Waals surface area contributed by atoms with Crippen molar-refractivity contribution in [3.8, 4) is 0 Å². The molecule has 4 saturated carbocycles. The van der Waals surface area contributed by atoms with Crippen molar-refractivity contribution in [2.24, 2.45) is 46.3 Å². The van der Waals surface area contributed by atoms with Crippen molar-refractivity contribution in [2.45, 2.75) is 115 Å². The minimum Gasteiger partial charge on any atom is -0.396 e. The smallest absolute Gasteiger partial charge is 0.110 e. The van der Waals surface area contributed by atoms with E-state index in [1.54, 1.807) is 0 Å². The summed E-state index contributed by atoms with van der Waals surface area (Å²) in [6.07, 6.45) is -3.02. The quantitative estimate of drug-likeness (QED) is 0.260. The van der Waals surface area contributed by atoms with Crippen LogP contribution in [0.15, 0.2) is 0 Å². The maximum atomic E-state index is 12.3. The standard InChI is InChI=1S/C27H48O8/c1-13(12-28)6-5-7-14(2)17-20(31)22(33)23-26(17,4)11-9-16-25(3)10-8-15(29)19(30)18(25)21(32)24(34)27(16,23)35/h13-24,28-35H,5-12H2,1-4H3. The molecule has 0 aromatic carbocycles. The van der Waals surface area contributed by atoms with Gasteiger partial charge in [0.2, 0.25) is 0 Å². The highest BCUT2D eigenvalue weighted by Gasteiger charge is 2.76. The molecule has 204 valence electrons. The molecule has 8 N–H and O–H groups in total. The minimum atomic E-state index is -1.83. The summed E-state index contributed by atoms with van der Waals surface area (Å²) in [6.45, 7) is 8.11. The van der Waals surface area contributed by atoms with Gasteiger partial charge in [0.1, 0.15) is 11.7 Å². The minimum absolute atomic E-state index is 0.0568. The monoisotopic (exact) mass is 500 g/mol. The second-order valence-electron chi connectivity index (χ2n) is 13.2. The molecule has 0 spiro atoms. The van der Waals surface area contributed by atoms with Crippen LogP contribution in [0.5, 0.6) is 0 Å². The number of aliphatic hydroxyl groups is 8. The van der Waals surface area contributed by atoms with E-state index < -0.39 is 70.8 Å². The van der Waals surface area contributed by atoms with Gasteiger partial charge in [-0.2, -0.15) is 0 Å². The van der Waals surface area contributed by atoms with Crippen LogP contribution in [0.2, 0.25) is 0 Å². The highest BCUT2D eigenvalue weighted by Crippen LogP contribution is 2.69. The first-order chi connectivity index (χ1) is 16.3. The first-order valence-electron chi connectivity index (χ1n) is 13.7. The first-order valence-corrected chi connectivity index (χ1v) is 13.7. The van der Waals surface area contributed by atoms with Crippen molar-refractivity contribution in [1.29, 1.82) is 0 Å². The predicted molar refractivity (Wildman–Crippen MR) is 129 cm³/mol. The lowest BCUT2D eigenvalue weighted by Gasteiger charge is -2.67. The van der Waals surface area contributed by atoms with Crippen LogP contribution in [0.3, 0.4) is 0 Å². The number of fused-ring (bicyclic) bond motifs is 5. The molecule has 0 bridgehead atoms.